The predicted molar refractivity (Wildman–Crippen MR) is 97.3 cm³/mol. The Morgan fingerprint density at radius 1 is 0.923 bits per heavy atom. The fraction of sp³-hybridized carbons (Fsp3) is 0.250. The lowest BCUT2D eigenvalue weighted by molar-refractivity contribution is 0.0600. The number of carbonyl (C=O) groups is 3. The van der Waals surface area contributed by atoms with Crippen molar-refractivity contribution in [2.24, 2.45) is 0 Å². The first-order chi connectivity index (χ1) is 12.6. The zero-order valence-corrected chi connectivity index (χ0v) is 14.5. The zero-order chi connectivity index (χ0) is 18.5. The fourth-order valence-electron chi connectivity index (χ4n) is 2.91. The quantitative estimate of drug-likeness (QED) is 0.859. The number of esters is 1. The summed E-state index contributed by atoms with van der Waals surface area (Å²) in [6, 6.07) is 13.1. The van der Waals surface area contributed by atoms with Crippen LogP contribution in [0.2, 0.25) is 0 Å². The number of nitrogens with zero attached hydrogens (tertiary/aromatic N) is 1. The number of carbonyl (C=O) groups excluding carboxylic acids is 3. The number of hydrogen-bond acceptors (Lipinski definition) is 4. The van der Waals surface area contributed by atoms with Crippen LogP contribution >= 0.6 is 0 Å². The fourth-order valence-corrected chi connectivity index (χ4v) is 2.91. The molecule has 1 fully saturated rings. The molecule has 2 amide bonds. The zero-order valence-electron chi connectivity index (χ0n) is 14.5. The van der Waals surface area contributed by atoms with Crippen LogP contribution in [-0.4, -0.2) is 42.9 Å². The van der Waals surface area contributed by atoms with Gasteiger partial charge in [0.15, 0.2) is 0 Å². The minimum atomic E-state index is -0.454. The highest BCUT2D eigenvalue weighted by atomic mass is 16.5. The molecule has 0 unspecified atom stereocenters. The van der Waals surface area contributed by atoms with Crippen LogP contribution in [0.1, 0.15) is 43.9 Å². The van der Waals surface area contributed by atoms with E-state index in [0.29, 0.717) is 22.4 Å². The molecule has 2 aromatic rings. The molecule has 6 nitrogen and oxygen atoms in total. The largest absolute Gasteiger partial charge is 0.465 e. The monoisotopic (exact) mass is 352 g/mol. The molecule has 2 aromatic carbocycles. The number of anilines is 1. The van der Waals surface area contributed by atoms with E-state index in [4.69, 9.17) is 0 Å². The number of amides is 2. The first-order valence-electron chi connectivity index (χ1n) is 8.47. The van der Waals surface area contributed by atoms with Crippen LogP contribution in [0.25, 0.3) is 0 Å². The van der Waals surface area contributed by atoms with E-state index >= 15 is 0 Å². The van der Waals surface area contributed by atoms with Gasteiger partial charge in [-0.2, -0.15) is 0 Å². The molecule has 0 aromatic heterocycles. The average molecular weight is 352 g/mol. The Morgan fingerprint density at radius 3 is 2.23 bits per heavy atom. The van der Waals surface area contributed by atoms with Gasteiger partial charge in [-0.3, -0.25) is 9.59 Å². The van der Waals surface area contributed by atoms with Crippen molar-refractivity contribution >= 4 is 23.5 Å². The molecule has 0 atom stereocenters. The molecule has 1 saturated heterocycles. The molecule has 1 N–H and O–H groups in total. The number of nitrogens with one attached hydrogen (secondary N) is 1. The smallest absolute Gasteiger partial charge is 0.337 e. The average Bonchev–Trinajstić information content (AvgIpc) is 3.22. The van der Waals surface area contributed by atoms with Gasteiger partial charge in [-0.1, -0.05) is 6.07 Å². The molecule has 0 saturated carbocycles. The lowest BCUT2D eigenvalue weighted by Crippen LogP contribution is -2.27. The van der Waals surface area contributed by atoms with E-state index in [9.17, 15) is 14.4 Å². The third-order valence-electron chi connectivity index (χ3n) is 4.33. The Kier molecular flexibility index (Phi) is 5.31. The van der Waals surface area contributed by atoms with E-state index < -0.39 is 5.97 Å². The Labute approximate surface area is 151 Å². The summed E-state index contributed by atoms with van der Waals surface area (Å²) in [4.78, 5) is 38.1. The van der Waals surface area contributed by atoms with Gasteiger partial charge in [-0.05, 0) is 55.3 Å². The molecular formula is C20H20N2O4. The molecule has 26 heavy (non-hydrogen) atoms. The van der Waals surface area contributed by atoms with Gasteiger partial charge in [0.2, 0.25) is 0 Å². The lowest BCUT2D eigenvalue weighted by Gasteiger charge is -2.15. The van der Waals surface area contributed by atoms with Crippen molar-refractivity contribution in [1.82, 2.24) is 4.90 Å². The maximum absolute atomic E-state index is 12.5. The SMILES string of the molecule is COC(=O)c1ccc(C(=O)Nc2cccc(C(=O)N3CCCC3)c2)cc1. The van der Waals surface area contributed by atoms with Crippen LogP contribution in [0, 0.1) is 0 Å². The van der Waals surface area contributed by atoms with Crippen LogP contribution in [0.15, 0.2) is 48.5 Å². The molecule has 0 aliphatic carbocycles. The second-order valence-electron chi connectivity index (χ2n) is 6.10. The van der Waals surface area contributed by atoms with Crippen molar-refractivity contribution in [2.45, 2.75) is 12.8 Å². The van der Waals surface area contributed by atoms with E-state index in [2.05, 4.69) is 10.1 Å². The first-order valence-corrected chi connectivity index (χ1v) is 8.47. The summed E-state index contributed by atoms with van der Waals surface area (Å²) in [5.74, 6) is -0.779. The van der Waals surface area contributed by atoms with Crippen molar-refractivity contribution in [2.75, 3.05) is 25.5 Å². The van der Waals surface area contributed by atoms with Gasteiger partial charge in [0.05, 0.1) is 12.7 Å². The Hall–Kier alpha value is -3.15. The Balaban J connectivity index is 1.70. The molecule has 0 radical (unpaired) electrons. The van der Waals surface area contributed by atoms with E-state index in [1.54, 1.807) is 36.4 Å². The maximum atomic E-state index is 12.5. The summed E-state index contributed by atoms with van der Waals surface area (Å²) in [6.45, 7) is 1.56. The number of methoxy groups -OCH3 is 1. The van der Waals surface area contributed by atoms with E-state index in [1.165, 1.54) is 19.2 Å². The predicted octanol–water partition coefficient (Wildman–Crippen LogP) is 2.96. The van der Waals surface area contributed by atoms with Crippen molar-refractivity contribution < 1.29 is 19.1 Å². The molecule has 134 valence electrons. The summed E-state index contributed by atoms with van der Waals surface area (Å²) in [5.41, 5.74) is 1.90. The van der Waals surface area contributed by atoms with Crippen LogP contribution in [0.4, 0.5) is 5.69 Å². The van der Waals surface area contributed by atoms with Crippen molar-refractivity contribution in [3.8, 4) is 0 Å². The standard InChI is InChI=1S/C20H20N2O4/c1-26-20(25)15-9-7-14(8-10-15)18(23)21-17-6-4-5-16(13-17)19(24)22-11-2-3-12-22/h4-10,13H,2-3,11-12H2,1H3,(H,21,23). The highest BCUT2D eigenvalue weighted by Crippen LogP contribution is 2.17. The molecule has 0 bridgehead atoms. The summed E-state index contributed by atoms with van der Waals surface area (Å²) in [7, 11) is 1.30. The third kappa shape index (κ3) is 3.91. The third-order valence-corrected chi connectivity index (χ3v) is 4.33. The van der Waals surface area contributed by atoms with Gasteiger partial charge in [0.25, 0.3) is 11.8 Å². The second kappa shape index (κ2) is 7.82. The van der Waals surface area contributed by atoms with Crippen molar-refractivity contribution in [1.29, 1.82) is 0 Å². The molecular weight excluding hydrogens is 332 g/mol. The Morgan fingerprint density at radius 2 is 1.58 bits per heavy atom. The second-order valence-corrected chi connectivity index (χ2v) is 6.10. The van der Waals surface area contributed by atoms with Crippen LogP contribution in [-0.2, 0) is 4.74 Å². The molecule has 1 aliphatic heterocycles. The van der Waals surface area contributed by atoms with Gasteiger partial charge in [-0.25, -0.2) is 4.79 Å². The number of rotatable bonds is 4. The normalized spacial score (nSPS) is 13.3. The minimum Gasteiger partial charge on any atom is -0.465 e. The van der Waals surface area contributed by atoms with E-state index in [1.807, 2.05) is 4.90 Å². The van der Waals surface area contributed by atoms with Gasteiger partial charge >= 0.3 is 5.97 Å². The Bertz CT molecular complexity index is 824. The number of hydrogen-bond donors (Lipinski definition) is 1. The number of benzene rings is 2. The first kappa shape index (κ1) is 17.7. The molecule has 6 heteroatoms. The van der Waals surface area contributed by atoms with Crippen LogP contribution in [0.3, 0.4) is 0 Å². The van der Waals surface area contributed by atoms with Gasteiger partial charge in [0.1, 0.15) is 0 Å². The van der Waals surface area contributed by atoms with Gasteiger partial charge in [0, 0.05) is 29.9 Å². The van der Waals surface area contributed by atoms with Crippen LogP contribution in [0.5, 0.6) is 0 Å². The highest BCUT2D eigenvalue weighted by Gasteiger charge is 2.19. The van der Waals surface area contributed by atoms with Crippen molar-refractivity contribution in [3.63, 3.8) is 0 Å². The number of likely N-dealkylation sites (tertiary alicyclic amines) is 1. The summed E-state index contributed by atoms with van der Waals surface area (Å²) >= 11 is 0. The maximum Gasteiger partial charge on any atom is 0.337 e. The van der Waals surface area contributed by atoms with Crippen molar-refractivity contribution in [3.05, 3.63) is 65.2 Å². The molecule has 3 rings (SSSR count). The number of ether oxygens (including phenoxy) is 1. The van der Waals surface area contributed by atoms with Gasteiger partial charge in [-0.15, -0.1) is 0 Å². The van der Waals surface area contributed by atoms with Gasteiger partial charge < -0.3 is 15.0 Å². The molecule has 1 aliphatic rings. The topological polar surface area (TPSA) is 75.7 Å². The molecule has 1 heterocycles. The highest BCUT2D eigenvalue weighted by molar-refractivity contribution is 6.05. The van der Waals surface area contributed by atoms with Crippen LogP contribution < -0.4 is 5.32 Å². The lowest BCUT2D eigenvalue weighted by atomic mass is 10.1. The molecule has 0 spiro atoms. The summed E-state index contributed by atoms with van der Waals surface area (Å²) in [6.07, 6.45) is 2.06. The summed E-state index contributed by atoms with van der Waals surface area (Å²) in [5, 5.41) is 2.78. The minimum absolute atomic E-state index is 0.0129. The summed E-state index contributed by atoms with van der Waals surface area (Å²) < 4.78 is 4.63. The van der Waals surface area contributed by atoms with E-state index in [-0.39, 0.29) is 11.8 Å². The van der Waals surface area contributed by atoms with E-state index in [0.717, 1.165) is 25.9 Å².